The fourth-order valence-electron chi connectivity index (χ4n) is 8.58. The lowest BCUT2D eigenvalue weighted by atomic mass is 9.93. The molecule has 0 aliphatic rings. The molecule has 0 saturated carbocycles. The van der Waals surface area contributed by atoms with Gasteiger partial charge in [0.15, 0.2) is 44.7 Å². The molecule has 12 nitrogen and oxygen atoms in total. The van der Waals surface area contributed by atoms with Crippen molar-refractivity contribution in [2.75, 3.05) is 55.6 Å². The van der Waals surface area contributed by atoms with Gasteiger partial charge in [-0.05, 0) is 168 Å². The van der Waals surface area contributed by atoms with Crippen LogP contribution in [0.25, 0.3) is 32.3 Å². The number of benzene rings is 6. The summed E-state index contributed by atoms with van der Waals surface area (Å²) >= 11 is 10.9. The van der Waals surface area contributed by atoms with Crippen LogP contribution < -0.4 is 55.2 Å². The van der Waals surface area contributed by atoms with Crippen molar-refractivity contribution in [2.24, 2.45) is 0 Å². The molecule has 6 rings (SSSR count). The van der Waals surface area contributed by atoms with Gasteiger partial charge in [0.25, 0.3) is 0 Å². The van der Waals surface area contributed by atoms with Crippen LogP contribution in [0.1, 0.15) is 144 Å². The first kappa shape index (κ1) is 58.0. The van der Waals surface area contributed by atoms with Crippen LogP contribution in [0.3, 0.4) is 0 Å². The Morgan fingerprint density at radius 2 is 0.640 bits per heavy atom. The van der Waals surface area contributed by atoms with E-state index in [-0.39, 0.29) is 24.0 Å². The van der Waals surface area contributed by atoms with Gasteiger partial charge in [0, 0.05) is 23.5 Å². The first-order valence-corrected chi connectivity index (χ1v) is 28.5. The molecule has 5 N–H and O–H groups in total. The Morgan fingerprint density at radius 3 is 0.947 bits per heavy atom. The number of carbonyl (C=O) groups is 1. The Labute approximate surface area is 456 Å². The number of unbranched alkanes of at least 4 members (excludes halogenated alkanes) is 10. The van der Waals surface area contributed by atoms with Crippen LogP contribution in [-0.4, -0.2) is 55.8 Å². The van der Waals surface area contributed by atoms with E-state index in [0.717, 1.165) is 169 Å². The molecule has 0 aliphatic heterocycles. The highest BCUT2D eigenvalue weighted by molar-refractivity contribution is 7.80. The largest absolute Gasteiger partial charge is 0.490 e. The molecule has 0 unspecified atom stereocenters. The highest BCUT2D eigenvalue weighted by Gasteiger charge is 2.21. The molecule has 0 fully saturated rings. The van der Waals surface area contributed by atoms with Crippen molar-refractivity contribution in [3.8, 4) is 34.5 Å². The summed E-state index contributed by atoms with van der Waals surface area (Å²) < 4.78 is 39.5. The van der Waals surface area contributed by atoms with Crippen molar-refractivity contribution in [3.63, 3.8) is 0 Å². The summed E-state index contributed by atoms with van der Waals surface area (Å²) in [7, 11) is 0. The number of thiocarbonyl (C=S) groups is 2. The molecule has 6 aromatic rings. The van der Waals surface area contributed by atoms with Crippen molar-refractivity contribution in [2.45, 2.75) is 144 Å². The maximum absolute atomic E-state index is 13.1. The predicted octanol–water partition coefficient (Wildman–Crippen LogP) is 16.0. The minimum absolute atomic E-state index is 0.199. The average molecular weight is 1060 g/mol. The lowest BCUT2D eigenvalue weighted by Crippen LogP contribution is -2.43. The van der Waals surface area contributed by atoms with Crippen LogP contribution in [0.2, 0.25) is 0 Å². The second-order valence-corrected chi connectivity index (χ2v) is 19.7. The Hall–Kier alpha value is -6.25. The molecule has 404 valence electrons. The average Bonchev–Trinajstić information content (AvgIpc) is 3.42. The molecule has 14 heteroatoms. The molecular weight excluding hydrogens is 979 g/mol. The summed E-state index contributed by atoms with van der Waals surface area (Å²) in [6.07, 6.45) is 16.3. The minimum Gasteiger partial charge on any atom is -0.490 e. The number of hydrogen-bond donors (Lipinski definition) is 5. The van der Waals surface area contributed by atoms with E-state index in [1.54, 1.807) is 0 Å². The van der Waals surface area contributed by atoms with Crippen molar-refractivity contribution in [1.29, 1.82) is 0 Å². The number of amides is 1. The van der Waals surface area contributed by atoms with E-state index in [0.29, 0.717) is 56.1 Å². The first-order valence-electron chi connectivity index (χ1n) is 27.7. The molecule has 1 amide bonds. The fourth-order valence-corrected chi connectivity index (χ4v) is 8.99. The number of rotatable bonds is 33. The summed E-state index contributed by atoms with van der Waals surface area (Å²) in [6.45, 7) is 14.2. The van der Waals surface area contributed by atoms with Gasteiger partial charge in [-0.25, -0.2) is 0 Å². The lowest BCUT2D eigenvalue weighted by Gasteiger charge is -2.21. The minimum atomic E-state index is -0.227. The zero-order valence-corrected chi connectivity index (χ0v) is 46.7. The van der Waals surface area contributed by atoms with E-state index in [4.69, 9.17) is 52.9 Å². The van der Waals surface area contributed by atoms with Crippen molar-refractivity contribution < 1.29 is 33.2 Å². The van der Waals surface area contributed by atoms with Gasteiger partial charge >= 0.3 is 0 Å². The van der Waals surface area contributed by atoms with E-state index in [9.17, 15) is 4.79 Å². The van der Waals surface area contributed by atoms with E-state index in [1.165, 1.54) is 0 Å². The smallest absolute Gasteiger partial charge is 0.238 e. The standard InChI is InChI=1S/C61H81N5O7S2/c1-6-11-19-32-68-53-38-47-48-39-54(69-33-20-12-7-2)56(71-35-22-14-9-4)41-50(48)52-43-58(57(72-36-23-15-10-5)42-51(52)49(47)40-55(53)70-34-21-13-8-3)73-37-24-27-59(67)65-66-61(75)64-46-30-28-45(29-31-46)63-60(74)62-44-25-17-16-18-26-44/h16-18,25-26,28-31,38-43H,6-15,19-24,27,32-37H2,1-5H3,(H,65,67)(H2,62,63,74)(H2,64,66,75). The van der Waals surface area contributed by atoms with Crippen LogP contribution in [-0.2, 0) is 4.79 Å². The van der Waals surface area contributed by atoms with Gasteiger partial charge in [0.1, 0.15) is 0 Å². The number of nitrogens with one attached hydrogen (secondary N) is 5. The molecule has 0 aliphatic carbocycles. The second kappa shape index (κ2) is 32.2. The summed E-state index contributed by atoms with van der Waals surface area (Å²) in [5, 5.41) is 16.2. The van der Waals surface area contributed by atoms with Gasteiger partial charge in [-0.15, -0.1) is 0 Å². The van der Waals surface area contributed by atoms with E-state index in [1.807, 2.05) is 54.6 Å². The molecule has 75 heavy (non-hydrogen) atoms. The first-order chi connectivity index (χ1) is 36.7. The number of anilines is 3. The van der Waals surface area contributed by atoms with Crippen molar-refractivity contribution >= 4 is 89.9 Å². The monoisotopic (exact) mass is 1060 g/mol. The van der Waals surface area contributed by atoms with Crippen LogP contribution in [0.4, 0.5) is 17.1 Å². The van der Waals surface area contributed by atoms with E-state index in [2.05, 4.69) is 97.8 Å². The molecule has 0 atom stereocenters. The lowest BCUT2D eigenvalue weighted by molar-refractivity contribution is -0.121. The zero-order valence-electron chi connectivity index (χ0n) is 45.1. The topological polar surface area (TPSA) is 133 Å². The highest BCUT2D eigenvalue weighted by Crippen LogP contribution is 2.47. The number of hydrazine groups is 1. The van der Waals surface area contributed by atoms with Crippen LogP contribution >= 0.6 is 24.4 Å². The quantitative estimate of drug-likeness (QED) is 0.0116. The van der Waals surface area contributed by atoms with E-state index < -0.39 is 0 Å². The van der Waals surface area contributed by atoms with Crippen molar-refractivity contribution in [3.05, 3.63) is 91.0 Å². The Bertz CT molecular complexity index is 2670. The summed E-state index contributed by atoms with van der Waals surface area (Å²) in [6, 6.07) is 30.1. The van der Waals surface area contributed by atoms with Gasteiger partial charge < -0.3 is 44.4 Å². The van der Waals surface area contributed by atoms with Gasteiger partial charge in [0.2, 0.25) is 5.91 Å². The molecule has 0 spiro atoms. The summed E-state index contributed by atoms with van der Waals surface area (Å²) in [5.41, 5.74) is 7.99. The third kappa shape index (κ3) is 18.5. The van der Waals surface area contributed by atoms with Crippen LogP contribution in [0.5, 0.6) is 34.5 Å². The molecular formula is C61H81N5O7S2. The number of para-hydroxylation sites is 1. The van der Waals surface area contributed by atoms with Crippen molar-refractivity contribution in [1.82, 2.24) is 10.9 Å². The number of fused-ring (bicyclic) bond motifs is 6. The Balaban J connectivity index is 1.25. The zero-order chi connectivity index (χ0) is 53.0. The Kier molecular flexibility index (Phi) is 24.9. The normalized spacial score (nSPS) is 11.1. The number of ether oxygens (including phenoxy) is 6. The summed E-state index contributed by atoms with van der Waals surface area (Å²) in [4.78, 5) is 13.1. The maximum Gasteiger partial charge on any atom is 0.238 e. The molecule has 0 aromatic heterocycles. The molecule has 0 bridgehead atoms. The third-order valence-corrected chi connectivity index (χ3v) is 13.1. The Morgan fingerprint density at radius 1 is 0.360 bits per heavy atom. The van der Waals surface area contributed by atoms with Gasteiger partial charge in [0.05, 0.1) is 39.6 Å². The molecule has 0 saturated heterocycles. The molecule has 0 heterocycles. The van der Waals surface area contributed by atoms with Crippen LogP contribution in [0.15, 0.2) is 91.0 Å². The fraction of sp³-hybridized carbons (Fsp3) is 0.459. The third-order valence-electron chi connectivity index (χ3n) is 12.7. The van der Waals surface area contributed by atoms with Gasteiger partial charge in [-0.3, -0.25) is 15.6 Å². The second-order valence-electron chi connectivity index (χ2n) is 18.9. The predicted molar refractivity (Wildman–Crippen MR) is 319 cm³/mol. The SMILES string of the molecule is CCCCCOc1cc2c3cc(OCCCCC)c(OCCCCC)cc3c3cc(OCCCC(=O)NNC(=S)Nc4ccc(NC(=S)Nc5ccccc5)cc4)c(OCCCCC)cc3c2cc1OCCCCC. The van der Waals surface area contributed by atoms with E-state index >= 15 is 0 Å². The van der Waals surface area contributed by atoms with Gasteiger partial charge in [-0.2, -0.15) is 0 Å². The molecule has 0 radical (unpaired) electrons. The summed E-state index contributed by atoms with van der Waals surface area (Å²) in [5.74, 6) is 3.96. The molecule has 6 aromatic carbocycles. The van der Waals surface area contributed by atoms with Gasteiger partial charge in [-0.1, -0.05) is 117 Å². The number of carbonyl (C=O) groups excluding carboxylic acids is 1. The highest BCUT2D eigenvalue weighted by atomic mass is 32.1. The maximum atomic E-state index is 13.1. The number of hydrogen-bond acceptors (Lipinski definition) is 9. The van der Waals surface area contributed by atoms with Crippen LogP contribution in [0, 0.1) is 0 Å².